The summed E-state index contributed by atoms with van der Waals surface area (Å²) in [6.45, 7) is 6.78. The molecule has 2 atom stereocenters. The molecule has 0 aromatic heterocycles. The molecule has 0 fully saturated rings. The van der Waals surface area contributed by atoms with Crippen LogP contribution in [0.15, 0.2) is 91.0 Å². The summed E-state index contributed by atoms with van der Waals surface area (Å²) in [5.74, 6) is -0.0610. The summed E-state index contributed by atoms with van der Waals surface area (Å²) in [5.41, 5.74) is 1.53. The normalized spacial score (nSPS) is 13.4. The molecule has 30 heavy (non-hydrogen) atoms. The summed E-state index contributed by atoms with van der Waals surface area (Å²) < 4.78 is 7.51. The molecule has 156 valence electrons. The number of hydrogen-bond acceptors (Lipinski definition) is 2. The number of carbonyl (C=O) groups excluding carboxylic acids is 1. The van der Waals surface area contributed by atoms with Crippen LogP contribution in [0.5, 0.6) is 0 Å². The second kappa shape index (κ2) is 10.6. The van der Waals surface area contributed by atoms with Crippen LogP contribution in [0.25, 0.3) is 0 Å². The molecule has 3 rings (SSSR count). The Morgan fingerprint density at radius 2 is 1.40 bits per heavy atom. The van der Waals surface area contributed by atoms with Crippen LogP contribution in [0.3, 0.4) is 0 Å². The van der Waals surface area contributed by atoms with Gasteiger partial charge in [-0.15, -0.1) is 0 Å². The van der Waals surface area contributed by atoms with E-state index >= 15 is 0 Å². The number of benzene rings is 3. The molecule has 0 aliphatic carbocycles. The van der Waals surface area contributed by atoms with Crippen LogP contribution < -0.4 is 9.78 Å². The number of rotatable bonds is 8. The van der Waals surface area contributed by atoms with Gasteiger partial charge in [0, 0.05) is 0 Å². The molecule has 0 radical (unpaired) electrons. The van der Waals surface area contributed by atoms with Gasteiger partial charge in [-0.2, -0.15) is 0 Å². The van der Waals surface area contributed by atoms with Crippen LogP contribution in [0.2, 0.25) is 4.82 Å². The van der Waals surface area contributed by atoms with Crippen molar-refractivity contribution in [2.24, 2.45) is 0 Å². The molecule has 0 unspecified atom stereocenters. The van der Waals surface area contributed by atoms with Crippen molar-refractivity contribution in [3.63, 3.8) is 0 Å². The van der Waals surface area contributed by atoms with Crippen molar-refractivity contribution >= 4 is 25.3 Å². The van der Waals surface area contributed by atoms with Gasteiger partial charge < -0.3 is 0 Å². The van der Waals surface area contributed by atoms with Gasteiger partial charge in [0.1, 0.15) is 0 Å². The molecule has 0 spiro atoms. The van der Waals surface area contributed by atoms with Gasteiger partial charge >= 0.3 is 186 Å². The number of nitrogens with one attached hydrogen (secondary N) is 1. The third-order valence-corrected chi connectivity index (χ3v) is 7.20. The standard InChI is InChI=1S/C26H29NO2Se/c1-26(2,3)29-19-23(30-22-17-11-6-12-18-22)24(20-13-7-4-8-14-20)27-25(28)21-15-9-5-10-16-21/h4-18,23-24H,19H2,1-3H3,(H,27,28)/t23-,24+/m0/s1. The predicted octanol–water partition coefficient (Wildman–Crippen LogP) is 4.79. The molecule has 3 nitrogen and oxygen atoms in total. The van der Waals surface area contributed by atoms with E-state index in [0.29, 0.717) is 12.2 Å². The second-order valence-electron chi connectivity index (χ2n) is 8.12. The summed E-state index contributed by atoms with van der Waals surface area (Å²) in [6.07, 6.45) is 0. The summed E-state index contributed by atoms with van der Waals surface area (Å²) in [4.78, 5) is 13.2. The topological polar surface area (TPSA) is 38.3 Å². The second-order valence-corrected chi connectivity index (χ2v) is 10.9. The summed E-state index contributed by atoms with van der Waals surface area (Å²) in [6, 6.07) is 30.0. The van der Waals surface area contributed by atoms with Crippen LogP contribution in [-0.2, 0) is 4.74 Å². The first kappa shape index (κ1) is 22.3. The average molecular weight is 466 g/mol. The fraction of sp³-hybridized carbons (Fsp3) is 0.269. The van der Waals surface area contributed by atoms with E-state index in [1.807, 2.05) is 54.6 Å². The van der Waals surface area contributed by atoms with Crippen molar-refractivity contribution in [3.8, 4) is 0 Å². The molecule has 0 heterocycles. The minimum absolute atomic E-state index is 0.0610. The predicted molar refractivity (Wildman–Crippen MR) is 124 cm³/mol. The fourth-order valence-electron chi connectivity index (χ4n) is 3.07. The first-order valence-corrected chi connectivity index (χ1v) is 12.0. The molecule has 1 amide bonds. The van der Waals surface area contributed by atoms with E-state index < -0.39 is 0 Å². The Kier molecular flexibility index (Phi) is 7.87. The van der Waals surface area contributed by atoms with Crippen LogP contribution in [-0.4, -0.2) is 33.1 Å². The van der Waals surface area contributed by atoms with Crippen LogP contribution in [0, 0.1) is 0 Å². The summed E-state index contributed by atoms with van der Waals surface area (Å²) >= 11 is 0.122. The van der Waals surface area contributed by atoms with E-state index in [1.165, 1.54) is 4.46 Å². The van der Waals surface area contributed by atoms with E-state index in [0.717, 1.165) is 5.56 Å². The van der Waals surface area contributed by atoms with Crippen molar-refractivity contribution in [3.05, 3.63) is 102 Å². The molecular formula is C26H29NO2Se. The average Bonchev–Trinajstić information content (AvgIpc) is 2.76. The minimum atomic E-state index is -0.240. The van der Waals surface area contributed by atoms with E-state index in [1.54, 1.807) is 0 Å². The molecule has 0 aliphatic rings. The quantitative estimate of drug-likeness (QED) is 0.485. The Hall–Kier alpha value is -2.39. The molecule has 0 saturated heterocycles. The Balaban J connectivity index is 1.91. The Morgan fingerprint density at radius 1 is 0.867 bits per heavy atom. The molecule has 4 heteroatoms. The van der Waals surface area contributed by atoms with Crippen molar-refractivity contribution in [1.82, 2.24) is 5.32 Å². The maximum absolute atomic E-state index is 13.0. The van der Waals surface area contributed by atoms with Gasteiger partial charge in [0.25, 0.3) is 0 Å². The zero-order valence-corrected chi connectivity index (χ0v) is 19.5. The van der Waals surface area contributed by atoms with Gasteiger partial charge in [0.15, 0.2) is 0 Å². The van der Waals surface area contributed by atoms with Crippen LogP contribution in [0.4, 0.5) is 0 Å². The van der Waals surface area contributed by atoms with Crippen molar-refractivity contribution in [1.29, 1.82) is 0 Å². The summed E-state index contributed by atoms with van der Waals surface area (Å²) in [7, 11) is 0. The zero-order chi connectivity index (χ0) is 21.4. The molecule has 1 N–H and O–H groups in total. The van der Waals surface area contributed by atoms with Gasteiger partial charge in [-0.1, -0.05) is 0 Å². The van der Waals surface area contributed by atoms with Gasteiger partial charge in [0.05, 0.1) is 0 Å². The Bertz CT molecular complexity index is 908. The van der Waals surface area contributed by atoms with Crippen molar-refractivity contribution in [2.45, 2.75) is 37.2 Å². The Labute approximate surface area is 186 Å². The first-order chi connectivity index (χ1) is 14.4. The van der Waals surface area contributed by atoms with Crippen LogP contribution >= 0.6 is 0 Å². The first-order valence-electron chi connectivity index (χ1n) is 10.2. The molecule has 3 aromatic carbocycles. The molecule has 0 saturated carbocycles. The van der Waals surface area contributed by atoms with E-state index in [-0.39, 0.29) is 37.3 Å². The van der Waals surface area contributed by atoms with Crippen molar-refractivity contribution in [2.75, 3.05) is 6.61 Å². The van der Waals surface area contributed by atoms with E-state index in [2.05, 4.69) is 62.5 Å². The fourth-order valence-corrected chi connectivity index (χ4v) is 5.51. The molecule has 3 aromatic rings. The third kappa shape index (κ3) is 6.84. The van der Waals surface area contributed by atoms with Gasteiger partial charge in [-0.25, -0.2) is 0 Å². The van der Waals surface area contributed by atoms with Crippen LogP contribution in [0.1, 0.15) is 42.7 Å². The van der Waals surface area contributed by atoms with Gasteiger partial charge in [0.2, 0.25) is 0 Å². The van der Waals surface area contributed by atoms with E-state index in [4.69, 9.17) is 4.74 Å². The molecule has 0 aliphatic heterocycles. The molecular weight excluding hydrogens is 437 g/mol. The maximum atomic E-state index is 13.0. The third-order valence-electron chi connectivity index (χ3n) is 4.56. The van der Waals surface area contributed by atoms with Gasteiger partial charge in [-0.3, -0.25) is 0 Å². The summed E-state index contributed by atoms with van der Waals surface area (Å²) in [5, 5.41) is 3.30. The number of carbonyl (C=O) groups is 1. The Morgan fingerprint density at radius 3 is 1.97 bits per heavy atom. The number of hydrogen-bond donors (Lipinski definition) is 1. The monoisotopic (exact) mass is 467 g/mol. The SMILES string of the molecule is CC(C)(C)OC[C@H]([Se]c1ccccc1)[C@H](NC(=O)c1ccccc1)c1ccccc1. The molecule has 0 bridgehead atoms. The number of ether oxygens (including phenoxy) is 1. The van der Waals surface area contributed by atoms with Crippen molar-refractivity contribution < 1.29 is 9.53 Å². The number of amides is 1. The van der Waals surface area contributed by atoms with Gasteiger partial charge in [-0.05, 0) is 0 Å². The van der Waals surface area contributed by atoms with E-state index in [9.17, 15) is 4.79 Å². The zero-order valence-electron chi connectivity index (χ0n) is 17.7.